The molecule has 0 radical (unpaired) electrons. The lowest BCUT2D eigenvalue weighted by atomic mass is 10.2. The van der Waals surface area contributed by atoms with E-state index in [1.807, 2.05) is 0 Å². The van der Waals surface area contributed by atoms with Crippen LogP contribution < -0.4 is 5.32 Å². The third-order valence-corrected chi connectivity index (χ3v) is 3.92. The molecule has 0 aromatic heterocycles. The van der Waals surface area contributed by atoms with E-state index < -0.39 is 28.3 Å². The van der Waals surface area contributed by atoms with E-state index in [9.17, 15) is 17.8 Å². The first-order valence-electron chi connectivity index (χ1n) is 5.78. The second-order valence-electron chi connectivity index (χ2n) is 4.18. The number of rotatable bonds is 3. The summed E-state index contributed by atoms with van der Waals surface area (Å²) in [4.78, 5) is 12.0. The molecule has 1 amide bonds. The van der Waals surface area contributed by atoms with Gasteiger partial charge in [-0.05, 0) is 36.4 Å². The predicted molar refractivity (Wildman–Crippen MR) is 78.1 cm³/mol. The third-order valence-electron chi connectivity index (χ3n) is 2.68. The van der Waals surface area contributed by atoms with Crippen molar-refractivity contribution in [2.75, 3.05) is 11.6 Å². The summed E-state index contributed by atoms with van der Waals surface area (Å²) in [6.07, 6.45) is 1.36. The Hall–Kier alpha value is -1.79. The molecule has 0 fully saturated rings. The van der Waals surface area contributed by atoms with Crippen LogP contribution in [0.25, 0.3) is 0 Å². The predicted octanol–water partition coefficient (Wildman–Crippen LogP) is 3.61. The molecule has 0 spiro atoms. The number of hydrogen-bond acceptors (Lipinski definition) is 2. The fraction of sp³-hybridized carbons (Fsp3) is 0.0714. The minimum absolute atomic E-state index is 0.0535. The van der Waals surface area contributed by atoms with Crippen LogP contribution in [-0.4, -0.2) is 16.4 Å². The van der Waals surface area contributed by atoms with Crippen molar-refractivity contribution in [1.29, 1.82) is 0 Å². The summed E-state index contributed by atoms with van der Waals surface area (Å²) in [6, 6.07) is 7.35. The number of benzene rings is 2. The van der Waals surface area contributed by atoms with Gasteiger partial charge < -0.3 is 5.32 Å². The quantitative estimate of drug-likeness (QED) is 0.935. The van der Waals surface area contributed by atoms with Crippen LogP contribution >= 0.6 is 11.6 Å². The molecule has 3 nitrogen and oxygen atoms in total. The van der Waals surface area contributed by atoms with Gasteiger partial charge in [-0.2, -0.15) is 0 Å². The number of nitrogens with one attached hydrogen (secondary N) is 1. The summed E-state index contributed by atoms with van der Waals surface area (Å²) in [7, 11) is -1.45. The highest BCUT2D eigenvalue weighted by atomic mass is 35.5. The smallest absolute Gasteiger partial charge is 0.255 e. The van der Waals surface area contributed by atoms with E-state index in [1.165, 1.54) is 30.5 Å². The Bertz CT molecular complexity index is 737. The van der Waals surface area contributed by atoms with Gasteiger partial charge in [0.1, 0.15) is 11.6 Å². The van der Waals surface area contributed by atoms with Gasteiger partial charge in [-0.1, -0.05) is 11.6 Å². The van der Waals surface area contributed by atoms with E-state index in [4.69, 9.17) is 11.6 Å². The standard InChI is InChI=1S/C14H10ClF2NO2S/c1-21(20)13-5-3-9(7-12(13)17)18-14(19)8-2-4-11(16)10(15)6-8/h2-7H,1H3,(H,18,19)/t21-/m1/s1. The highest BCUT2D eigenvalue weighted by molar-refractivity contribution is 7.84. The molecule has 1 N–H and O–H groups in total. The number of amides is 1. The second kappa shape index (κ2) is 6.32. The van der Waals surface area contributed by atoms with Crippen molar-refractivity contribution in [3.8, 4) is 0 Å². The average molecular weight is 330 g/mol. The third kappa shape index (κ3) is 3.65. The molecule has 0 aliphatic rings. The van der Waals surface area contributed by atoms with Crippen molar-refractivity contribution < 1.29 is 17.8 Å². The van der Waals surface area contributed by atoms with Gasteiger partial charge >= 0.3 is 0 Å². The number of carbonyl (C=O) groups is 1. The van der Waals surface area contributed by atoms with Gasteiger partial charge in [0.15, 0.2) is 0 Å². The zero-order valence-electron chi connectivity index (χ0n) is 10.8. The maximum absolute atomic E-state index is 13.7. The van der Waals surface area contributed by atoms with Gasteiger partial charge in [0.25, 0.3) is 5.91 Å². The van der Waals surface area contributed by atoms with E-state index in [0.717, 1.165) is 12.1 Å². The SMILES string of the molecule is C[S@@](=O)c1ccc(NC(=O)c2ccc(F)c(Cl)c2)cc1F. The van der Waals surface area contributed by atoms with Crippen molar-refractivity contribution in [3.63, 3.8) is 0 Å². The van der Waals surface area contributed by atoms with Crippen LogP contribution in [0, 0.1) is 11.6 Å². The van der Waals surface area contributed by atoms with Crippen LogP contribution in [0.5, 0.6) is 0 Å². The lowest BCUT2D eigenvalue weighted by Crippen LogP contribution is -2.12. The Morgan fingerprint density at radius 2 is 1.86 bits per heavy atom. The van der Waals surface area contributed by atoms with Gasteiger partial charge in [0, 0.05) is 17.5 Å². The first-order chi connectivity index (χ1) is 9.88. The van der Waals surface area contributed by atoms with Gasteiger partial charge in [-0.15, -0.1) is 0 Å². The van der Waals surface area contributed by atoms with Crippen molar-refractivity contribution in [2.24, 2.45) is 0 Å². The van der Waals surface area contributed by atoms with Crippen LogP contribution in [0.2, 0.25) is 5.02 Å². The summed E-state index contributed by atoms with van der Waals surface area (Å²) in [5, 5.41) is 2.28. The molecular weight excluding hydrogens is 320 g/mol. The Kier molecular flexibility index (Phi) is 4.69. The lowest BCUT2D eigenvalue weighted by Gasteiger charge is -2.07. The van der Waals surface area contributed by atoms with Crippen LogP contribution in [0.4, 0.5) is 14.5 Å². The summed E-state index contributed by atoms with van der Waals surface area (Å²) in [5.41, 5.74) is 0.345. The van der Waals surface area contributed by atoms with E-state index in [1.54, 1.807) is 0 Å². The number of halogens is 3. The summed E-state index contributed by atoms with van der Waals surface area (Å²) in [5.74, 6) is -1.86. The average Bonchev–Trinajstić information content (AvgIpc) is 2.41. The normalized spacial score (nSPS) is 12.0. The molecule has 110 valence electrons. The largest absolute Gasteiger partial charge is 0.322 e. The van der Waals surface area contributed by atoms with Gasteiger partial charge in [-0.3, -0.25) is 9.00 Å². The molecule has 2 rings (SSSR count). The number of anilines is 1. The summed E-state index contributed by atoms with van der Waals surface area (Å²) in [6.45, 7) is 0. The lowest BCUT2D eigenvalue weighted by molar-refractivity contribution is 0.102. The molecule has 0 aliphatic heterocycles. The minimum Gasteiger partial charge on any atom is -0.322 e. The van der Waals surface area contributed by atoms with E-state index in [-0.39, 0.29) is 21.2 Å². The molecule has 0 saturated heterocycles. The molecule has 2 aromatic carbocycles. The fourth-order valence-electron chi connectivity index (χ4n) is 1.65. The Morgan fingerprint density at radius 1 is 1.14 bits per heavy atom. The molecule has 1 atom stereocenters. The molecule has 0 saturated carbocycles. The van der Waals surface area contributed by atoms with Crippen LogP contribution in [-0.2, 0) is 10.8 Å². The highest BCUT2D eigenvalue weighted by Gasteiger charge is 2.11. The Balaban J connectivity index is 2.21. The molecule has 0 heterocycles. The van der Waals surface area contributed by atoms with Crippen LogP contribution in [0.1, 0.15) is 10.4 Å². The van der Waals surface area contributed by atoms with Crippen molar-refractivity contribution >= 4 is 34.0 Å². The fourth-order valence-corrected chi connectivity index (χ4v) is 2.43. The number of hydrogen-bond donors (Lipinski definition) is 1. The monoisotopic (exact) mass is 329 g/mol. The first kappa shape index (κ1) is 15.6. The van der Waals surface area contributed by atoms with E-state index in [0.29, 0.717) is 0 Å². The van der Waals surface area contributed by atoms with Crippen molar-refractivity contribution in [2.45, 2.75) is 4.90 Å². The maximum atomic E-state index is 13.7. The highest BCUT2D eigenvalue weighted by Crippen LogP contribution is 2.20. The van der Waals surface area contributed by atoms with Gasteiger partial charge in [-0.25, -0.2) is 8.78 Å². The molecular formula is C14H10ClF2NO2S. The van der Waals surface area contributed by atoms with Gasteiger partial charge in [0.05, 0.1) is 20.7 Å². The van der Waals surface area contributed by atoms with Crippen LogP contribution in [0.3, 0.4) is 0 Å². The minimum atomic E-state index is -1.45. The Morgan fingerprint density at radius 3 is 2.43 bits per heavy atom. The molecule has 0 aliphatic carbocycles. The van der Waals surface area contributed by atoms with E-state index in [2.05, 4.69) is 5.32 Å². The zero-order valence-corrected chi connectivity index (χ0v) is 12.4. The van der Waals surface area contributed by atoms with E-state index >= 15 is 0 Å². The molecule has 0 unspecified atom stereocenters. The second-order valence-corrected chi connectivity index (χ2v) is 5.94. The molecule has 0 bridgehead atoms. The maximum Gasteiger partial charge on any atom is 0.255 e. The molecule has 2 aromatic rings. The number of carbonyl (C=O) groups excluding carboxylic acids is 1. The van der Waals surface area contributed by atoms with Crippen molar-refractivity contribution in [1.82, 2.24) is 0 Å². The first-order valence-corrected chi connectivity index (χ1v) is 7.71. The summed E-state index contributed by atoms with van der Waals surface area (Å²) < 4.78 is 37.9. The zero-order chi connectivity index (χ0) is 15.6. The topological polar surface area (TPSA) is 46.2 Å². The van der Waals surface area contributed by atoms with Gasteiger partial charge in [0.2, 0.25) is 0 Å². The van der Waals surface area contributed by atoms with Crippen molar-refractivity contribution in [3.05, 3.63) is 58.6 Å². The summed E-state index contributed by atoms with van der Waals surface area (Å²) >= 11 is 5.59. The Labute approximate surface area is 127 Å². The molecule has 21 heavy (non-hydrogen) atoms. The molecule has 7 heteroatoms. The van der Waals surface area contributed by atoms with Crippen LogP contribution in [0.15, 0.2) is 41.3 Å².